The quantitative estimate of drug-likeness (QED) is 0.562. The Bertz CT molecular complexity index is 1240. The van der Waals surface area contributed by atoms with Crippen LogP contribution in [0.5, 0.6) is 0 Å². The van der Waals surface area contributed by atoms with E-state index in [0.717, 1.165) is 48.8 Å². The zero-order chi connectivity index (χ0) is 23.4. The van der Waals surface area contributed by atoms with Crippen molar-refractivity contribution in [3.8, 4) is 5.69 Å². The van der Waals surface area contributed by atoms with Crippen molar-refractivity contribution in [3.05, 3.63) is 59.0 Å². The third-order valence-corrected chi connectivity index (χ3v) is 7.48. The molecule has 176 valence electrons. The highest BCUT2D eigenvalue weighted by molar-refractivity contribution is 6.30. The number of fused-ring (bicyclic) bond motifs is 3. The van der Waals surface area contributed by atoms with Crippen molar-refractivity contribution in [3.63, 3.8) is 0 Å². The molecule has 34 heavy (non-hydrogen) atoms. The highest BCUT2D eigenvalue weighted by Crippen LogP contribution is 2.45. The zero-order valence-corrected chi connectivity index (χ0v) is 19.6. The van der Waals surface area contributed by atoms with Crippen molar-refractivity contribution in [1.29, 1.82) is 0 Å². The predicted molar refractivity (Wildman–Crippen MR) is 125 cm³/mol. The Morgan fingerprint density at radius 2 is 1.91 bits per heavy atom. The number of aromatic nitrogens is 5. The van der Waals surface area contributed by atoms with Crippen molar-refractivity contribution < 1.29 is 9.18 Å². The van der Waals surface area contributed by atoms with Gasteiger partial charge in [0.15, 0.2) is 11.5 Å². The van der Waals surface area contributed by atoms with Gasteiger partial charge < -0.3 is 9.80 Å². The van der Waals surface area contributed by atoms with Crippen LogP contribution >= 0.6 is 11.6 Å². The first-order chi connectivity index (χ1) is 16.4. The molecule has 1 aromatic carbocycles. The highest BCUT2D eigenvalue weighted by atomic mass is 35.5. The van der Waals surface area contributed by atoms with Gasteiger partial charge in [0.05, 0.1) is 17.9 Å². The third kappa shape index (κ3) is 3.53. The van der Waals surface area contributed by atoms with Crippen LogP contribution in [-0.4, -0.2) is 54.3 Å². The maximum absolute atomic E-state index is 14.8. The summed E-state index contributed by atoms with van der Waals surface area (Å²) in [6.45, 7) is 3.86. The fourth-order valence-corrected chi connectivity index (χ4v) is 5.29. The average Bonchev–Trinajstić information content (AvgIpc) is 3.49. The molecule has 0 N–H and O–H groups in total. The molecule has 3 aromatic rings. The van der Waals surface area contributed by atoms with Gasteiger partial charge in [-0.15, -0.1) is 10.2 Å². The molecule has 1 aliphatic carbocycles. The lowest BCUT2D eigenvalue weighted by Gasteiger charge is -2.32. The molecule has 4 heterocycles. The summed E-state index contributed by atoms with van der Waals surface area (Å²) >= 11 is 6.33. The summed E-state index contributed by atoms with van der Waals surface area (Å²) in [6, 6.07) is 5.24. The molecule has 8 nitrogen and oxygen atoms in total. The summed E-state index contributed by atoms with van der Waals surface area (Å²) in [5.74, 6) is 2.14. The van der Waals surface area contributed by atoms with E-state index in [1.165, 1.54) is 0 Å². The predicted octanol–water partition coefficient (Wildman–Crippen LogP) is 4.00. The Labute approximate surface area is 201 Å². The van der Waals surface area contributed by atoms with E-state index in [2.05, 4.69) is 29.6 Å². The van der Waals surface area contributed by atoms with Crippen LogP contribution < -0.4 is 4.90 Å². The van der Waals surface area contributed by atoms with Crippen LogP contribution in [0.2, 0.25) is 5.02 Å². The van der Waals surface area contributed by atoms with E-state index in [9.17, 15) is 9.18 Å². The second kappa shape index (κ2) is 8.01. The van der Waals surface area contributed by atoms with Gasteiger partial charge in [0, 0.05) is 43.0 Å². The minimum atomic E-state index is -1.75. The number of piperidine rings is 1. The van der Waals surface area contributed by atoms with Gasteiger partial charge in [-0.3, -0.25) is 14.3 Å². The minimum absolute atomic E-state index is 0.197. The van der Waals surface area contributed by atoms with Gasteiger partial charge in [0.1, 0.15) is 11.6 Å². The summed E-state index contributed by atoms with van der Waals surface area (Å²) in [5, 5.41) is 9.72. The lowest BCUT2D eigenvalue weighted by atomic mass is 9.95. The van der Waals surface area contributed by atoms with Crippen LogP contribution in [0.15, 0.2) is 36.8 Å². The van der Waals surface area contributed by atoms with E-state index < -0.39 is 17.6 Å². The lowest BCUT2D eigenvalue weighted by Crippen LogP contribution is -2.39. The van der Waals surface area contributed by atoms with E-state index in [1.54, 1.807) is 23.5 Å². The van der Waals surface area contributed by atoms with Crippen LogP contribution in [0.25, 0.3) is 5.69 Å². The van der Waals surface area contributed by atoms with Crippen LogP contribution in [0.4, 0.5) is 10.2 Å². The largest absolute Gasteiger partial charge is 0.355 e. The Morgan fingerprint density at radius 1 is 1.15 bits per heavy atom. The first kappa shape index (κ1) is 21.5. The van der Waals surface area contributed by atoms with Crippen LogP contribution in [-0.2, 0) is 11.3 Å². The molecular formula is C24H25ClFN7O. The number of alkyl halides is 1. The van der Waals surface area contributed by atoms with Gasteiger partial charge >= 0.3 is 0 Å². The number of carbonyl (C=O) groups is 1. The molecule has 0 bridgehead atoms. The van der Waals surface area contributed by atoms with Crippen LogP contribution in [0, 0.1) is 0 Å². The number of carbonyl (C=O) groups excluding carboxylic acids is 1. The Kier molecular flexibility index (Phi) is 5.05. The van der Waals surface area contributed by atoms with E-state index in [4.69, 9.17) is 11.6 Å². The maximum atomic E-state index is 14.8. The number of hydrogen-bond acceptors (Lipinski definition) is 6. The van der Waals surface area contributed by atoms with Crippen LogP contribution in [0.3, 0.4) is 0 Å². The number of anilines is 1. The van der Waals surface area contributed by atoms with Crippen molar-refractivity contribution in [2.45, 2.75) is 56.8 Å². The highest BCUT2D eigenvalue weighted by Gasteiger charge is 2.54. The summed E-state index contributed by atoms with van der Waals surface area (Å²) < 4.78 is 16.9. The van der Waals surface area contributed by atoms with Gasteiger partial charge in [-0.25, -0.2) is 9.37 Å². The average molecular weight is 482 g/mol. The maximum Gasteiger partial charge on any atom is 0.261 e. The number of benzene rings is 1. The molecular weight excluding hydrogens is 457 g/mol. The lowest BCUT2D eigenvalue weighted by molar-refractivity contribution is -0.141. The van der Waals surface area contributed by atoms with E-state index in [1.807, 2.05) is 25.1 Å². The molecule has 6 rings (SSSR count). The molecule has 10 heteroatoms. The first-order valence-electron chi connectivity index (χ1n) is 11.7. The smallest absolute Gasteiger partial charge is 0.261 e. The van der Waals surface area contributed by atoms with E-state index >= 15 is 0 Å². The Hall–Kier alpha value is -3.07. The van der Waals surface area contributed by atoms with Crippen molar-refractivity contribution in [1.82, 2.24) is 29.6 Å². The molecule has 2 fully saturated rings. The number of halogens is 2. The SMILES string of the molecule is CC1c2nnc(C3CCN(c4cnccn4)CC3)n2-c2ccc(Cl)cc2CN1C(=O)C1(F)CC1. The topological polar surface area (TPSA) is 80.0 Å². The Balaban J connectivity index is 1.36. The number of rotatable bonds is 3. The summed E-state index contributed by atoms with van der Waals surface area (Å²) in [5.41, 5.74) is 0.0217. The van der Waals surface area contributed by atoms with Gasteiger partial charge in [0.2, 0.25) is 0 Å². The third-order valence-electron chi connectivity index (χ3n) is 7.24. The van der Waals surface area contributed by atoms with E-state index in [0.29, 0.717) is 10.8 Å². The van der Waals surface area contributed by atoms with Gasteiger partial charge in [0.25, 0.3) is 5.91 Å². The molecule has 3 aliphatic rings. The second-order valence-corrected chi connectivity index (χ2v) is 9.86. The number of hydrogen-bond donors (Lipinski definition) is 0. The fraction of sp³-hybridized carbons (Fsp3) is 0.458. The molecule has 0 radical (unpaired) electrons. The van der Waals surface area contributed by atoms with Crippen molar-refractivity contribution >= 4 is 23.3 Å². The van der Waals surface area contributed by atoms with Crippen molar-refractivity contribution in [2.75, 3.05) is 18.0 Å². The zero-order valence-electron chi connectivity index (χ0n) is 18.9. The standard InChI is InChI=1S/C24H25ClFN7O/c1-15-21-29-30-22(16-4-10-31(11-5-16)20-13-27-8-9-28-20)33(21)19-3-2-18(25)12-17(19)14-32(15)23(34)24(26)6-7-24/h2-3,8-9,12-13,15-16H,4-7,10-11,14H2,1H3. The minimum Gasteiger partial charge on any atom is -0.355 e. The molecule has 0 spiro atoms. The summed E-state index contributed by atoms with van der Waals surface area (Å²) in [6.07, 6.45) is 7.51. The molecule has 1 saturated heterocycles. The van der Waals surface area contributed by atoms with Crippen LogP contribution in [0.1, 0.15) is 61.8 Å². The monoisotopic (exact) mass is 481 g/mol. The van der Waals surface area contributed by atoms with Gasteiger partial charge in [-0.05, 0) is 56.4 Å². The molecule has 1 unspecified atom stereocenters. The summed E-state index contributed by atoms with van der Waals surface area (Å²) in [4.78, 5) is 25.5. The van der Waals surface area contributed by atoms with Crippen molar-refractivity contribution in [2.24, 2.45) is 0 Å². The second-order valence-electron chi connectivity index (χ2n) is 9.42. The van der Waals surface area contributed by atoms with Gasteiger partial charge in [-0.1, -0.05) is 11.6 Å². The van der Waals surface area contributed by atoms with E-state index in [-0.39, 0.29) is 25.3 Å². The molecule has 1 atom stereocenters. The molecule has 1 saturated carbocycles. The molecule has 1 amide bonds. The molecule has 2 aliphatic heterocycles. The summed E-state index contributed by atoms with van der Waals surface area (Å²) in [7, 11) is 0. The first-order valence-corrected chi connectivity index (χ1v) is 12.1. The number of amides is 1. The number of nitrogens with zero attached hydrogens (tertiary/aromatic N) is 7. The van der Waals surface area contributed by atoms with Gasteiger partial charge in [-0.2, -0.15) is 0 Å². The fourth-order valence-electron chi connectivity index (χ4n) is 5.10. The molecule has 2 aromatic heterocycles. The Morgan fingerprint density at radius 3 is 2.62 bits per heavy atom. The normalized spacial score (nSPS) is 21.6.